The second-order valence-electron chi connectivity index (χ2n) is 1.99. The Bertz CT molecular complexity index is 275. The molecule has 0 aliphatic carbocycles. The average molecular weight is 305 g/mol. The number of hydrogen-bond donors (Lipinski definition) is 0. The maximum Gasteiger partial charge on any atom is 0.143 e. The number of alkyl halides is 1. The van der Waals surface area contributed by atoms with Gasteiger partial charge in [0.25, 0.3) is 0 Å². The third-order valence-corrected chi connectivity index (χ3v) is 2.55. The summed E-state index contributed by atoms with van der Waals surface area (Å²) in [7, 11) is 0. The maximum atomic E-state index is 12.8. The molecular formula is C7H4Cl2FI. The summed E-state index contributed by atoms with van der Waals surface area (Å²) in [6.07, 6.45) is 0. The van der Waals surface area contributed by atoms with Gasteiger partial charge in [0.05, 0.1) is 5.02 Å². The molecule has 0 unspecified atom stereocenters. The quantitative estimate of drug-likeness (QED) is 0.420. The van der Waals surface area contributed by atoms with Gasteiger partial charge < -0.3 is 0 Å². The number of hydrogen-bond acceptors (Lipinski definition) is 0. The van der Waals surface area contributed by atoms with Crippen molar-refractivity contribution in [2.75, 3.05) is 0 Å². The van der Waals surface area contributed by atoms with E-state index in [-0.39, 0.29) is 10.9 Å². The smallest absolute Gasteiger partial charge is 0.143 e. The zero-order valence-corrected chi connectivity index (χ0v) is 9.04. The van der Waals surface area contributed by atoms with E-state index in [1.807, 2.05) is 22.6 Å². The van der Waals surface area contributed by atoms with Crippen molar-refractivity contribution in [1.82, 2.24) is 0 Å². The van der Waals surface area contributed by atoms with Gasteiger partial charge in [0.1, 0.15) is 5.82 Å². The van der Waals surface area contributed by atoms with Crippen molar-refractivity contribution in [2.45, 2.75) is 5.88 Å². The Kier molecular flexibility index (Phi) is 3.40. The lowest BCUT2D eigenvalue weighted by atomic mass is 10.2. The molecular weight excluding hydrogens is 301 g/mol. The van der Waals surface area contributed by atoms with Crippen LogP contribution in [-0.2, 0) is 5.88 Å². The van der Waals surface area contributed by atoms with Crippen molar-refractivity contribution in [3.8, 4) is 0 Å². The highest BCUT2D eigenvalue weighted by atomic mass is 127. The van der Waals surface area contributed by atoms with Gasteiger partial charge in [0.15, 0.2) is 0 Å². The molecule has 1 aromatic rings. The highest BCUT2D eigenvalue weighted by molar-refractivity contribution is 14.1. The van der Waals surface area contributed by atoms with Gasteiger partial charge >= 0.3 is 0 Å². The van der Waals surface area contributed by atoms with Crippen molar-refractivity contribution in [3.63, 3.8) is 0 Å². The topological polar surface area (TPSA) is 0 Å². The van der Waals surface area contributed by atoms with E-state index in [0.29, 0.717) is 5.56 Å². The summed E-state index contributed by atoms with van der Waals surface area (Å²) in [6, 6.07) is 3.14. The van der Waals surface area contributed by atoms with Crippen LogP contribution in [0.1, 0.15) is 5.56 Å². The molecule has 0 aliphatic heterocycles. The van der Waals surface area contributed by atoms with Crippen LogP contribution < -0.4 is 0 Å². The van der Waals surface area contributed by atoms with Crippen LogP contribution in [0.25, 0.3) is 0 Å². The van der Waals surface area contributed by atoms with Crippen molar-refractivity contribution >= 4 is 45.8 Å². The molecule has 1 rings (SSSR count). The lowest BCUT2D eigenvalue weighted by molar-refractivity contribution is 0.626. The standard InChI is InChI=1S/C7H4Cl2FI/c8-3-4-1-5(11)2-6(10)7(4)9/h1-2H,3H2. The summed E-state index contributed by atoms with van der Waals surface area (Å²) in [5.74, 6) is -0.165. The van der Waals surface area contributed by atoms with Crippen molar-refractivity contribution in [1.29, 1.82) is 0 Å². The fourth-order valence-corrected chi connectivity index (χ4v) is 1.81. The molecule has 4 heteroatoms. The van der Waals surface area contributed by atoms with E-state index in [0.717, 1.165) is 3.57 Å². The first-order chi connectivity index (χ1) is 5.15. The molecule has 11 heavy (non-hydrogen) atoms. The van der Waals surface area contributed by atoms with Gasteiger partial charge in [-0.2, -0.15) is 0 Å². The van der Waals surface area contributed by atoms with E-state index in [4.69, 9.17) is 23.2 Å². The Balaban J connectivity index is 3.24. The van der Waals surface area contributed by atoms with Gasteiger partial charge in [-0.25, -0.2) is 4.39 Å². The van der Waals surface area contributed by atoms with Gasteiger partial charge in [0.2, 0.25) is 0 Å². The fourth-order valence-electron chi connectivity index (χ4n) is 0.707. The van der Waals surface area contributed by atoms with E-state index < -0.39 is 5.82 Å². The van der Waals surface area contributed by atoms with Gasteiger partial charge in [-0.1, -0.05) is 11.6 Å². The fraction of sp³-hybridized carbons (Fsp3) is 0.143. The molecule has 0 amide bonds. The third-order valence-electron chi connectivity index (χ3n) is 1.21. The molecule has 0 saturated carbocycles. The van der Waals surface area contributed by atoms with Gasteiger partial charge in [-0.15, -0.1) is 11.6 Å². The third kappa shape index (κ3) is 2.20. The van der Waals surface area contributed by atoms with E-state index in [1.54, 1.807) is 6.07 Å². The van der Waals surface area contributed by atoms with Crippen LogP contribution in [0.5, 0.6) is 0 Å². The molecule has 0 bridgehead atoms. The van der Waals surface area contributed by atoms with E-state index in [9.17, 15) is 4.39 Å². The molecule has 0 N–H and O–H groups in total. The molecule has 0 atom stereocenters. The summed E-state index contributed by atoms with van der Waals surface area (Å²) in [6.45, 7) is 0. The van der Waals surface area contributed by atoms with E-state index in [1.165, 1.54) is 6.07 Å². The first-order valence-electron chi connectivity index (χ1n) is 2.84. The zero-order chi connectivity index (χ0) is 8.43. The predicted molar refractivity (Wildman–Crippen MR) is 53.7 cm³/mol. The summed E-state index contributed by atoms with van der Waals surface area (Å²) in [5, 5.41) is 0.125. The zero-order valence-electron chi connectivity index (χ0n) is 5.37. The number of benzene rings is 1. The molecule has 0 aromatic heterocycles. The van der Waals surface area contributed by atoms with Gasteiger partial charge in [-0.3, -0.25) is 0 Å². The van der Waals surface area contributed by atoms with Crippen molar-refractivity contribution < 1.29 is 4.39 Å². The van der Waals surface area contributed by atoms with E-state index >= 15 is 0 Å². The highest BCUT2D eigenvalue weighted by Crippen LogP contribution is 2.24. The van der Waals surface area contributed by atoms with Crippen molar-refractivity contribution in [2.24, 2.45) is 0 Å². The molecule has 0 nitrogen and oxygen atoms in total. The van der Waals surface area contributed by atoms with Gasteiger partial charge in [-0.05, 0) is 40.3 Å². The summed E-state index contributed by atoms with van der Waals surface area (Å²) in [5.41, 5.74) is 0.637. The van der Waals surface area contributed by atoms with Gasteiger partial charge in [0, 0.05) is 9.45 Å². The lowest BCUT2D eigenvalue weighted by Crippen LogP contribution is -1.87. The molecule has 1 aromatic carbocycles. The second-order valence-corrected chi connectivity index (χ2v) is 3.89. The van der Waals surface area contributed by atoms with Crippen LogP contribution in [-0.4, -0.2) is 0 Å². The normalized spacial score (nSPS) is 10.2. The Morgan fingerprint density at radius 2 is 2.09 bits per heavy atom. The van der Waals surface area contributed by atoms with Crippen LogP contribution >= 0.6 is 45.8 Å². The molecule has 60 valence electrons. The highest BCUT2D eigenvalue weighted by Gasteiger charge is 2.06. The molecule has 0 aliphatic rings. The van der Waals surface area contributed by atoms with E-state index in [2.05, 4.69) is 0 Å². The first-order valence-corrected chi connectivity index (χ1v) is 4.83. The molecule has 0 fully saturated rings. The van der Waals surface area contributed by atoms with Crippen LogP contribution in [0, 0.1) is 9.39 Å². The first kappa shape index (κ1) is 9.55. The second kappa shape index (κ2) is 3.92. The largest absolute Gasteiger partial charge is 0.205 e. The Morgan fingerprint density at radius 3 is 2.64 bits per heavy atom. The monoisotopic (exact) mass is 304 g/mol. The molecule has 0 radical (unpaired) electrons. The minimum Gasteiger partial charge on any atom is -0.205 e. The number of rotatable bonds is 1. The van der Waals surface area contributed by atoms with Crippen LogP contribution in [0.3, 0.4) is 0 Å². The average Bonchev–Trinajstić information content (AvgIpc) is 1.96. The SMILES string of the molecule is Fc1cc(I)cc(CCl)c1Cl. The molecule has 0 spiro atoms. The lowest BCUT2D eigenvalue weighted by Gasteiger charge is -2.01. The maximum absolute atomic E-state index is 12.8. The summed E-state index contributed by atoms with van der Waals surface area (Å²) < 4.78 is 13.6. The van der Waals surface area contributed by atoms with Crippen LogP contribution in [0.4, 0.5) is 4.39 Å². The Hall–Kier alpha value is 0.460. The van der Waals surface area contributed by atoms with Crippen LogP contribution in [0.2, 0.25) is 5.02 Å². The summed E-state index contributed by atoms with van der Waals surface area (Å²) in [4.78, 5) is 0. The molecule has 0 saturated heterocycles. The number of halogens is 4. The summed E-state index contributed by atoms with van der Waals surface area (Å²) >= 11 is 13.1. The van der Waals surface area contributed by atoms with Crippen molar-refractivity contribution in [3.05, 3.63) is 32.1 Å². The predicted octanol–water partition coefficient (Wildman–Crippen LogP) is 3.82. The van der Waals surface area contributed by atoms with Crippen LogP contribution in [0.15, 0.2) is 12.1 Å². The Labute approximate surface area is 87.8 Å². The minimum absolute atomic E-state index is 0.125. The minimum atomic E-state index is -0.408. The molecule has 0 heterocycles. The Morgan fingerprint density at radius 1 is 1.45 bits per heavy atom.